The first kappa shape index (κ1) is 22.5. The molecule has 5 nitrogen and oxygen atoms in total. The number of benzene rings is 1. The highest BCUT2D eigenvalue weighted by Gasteiger charge is 2.36. The van der Waals surface area contributed by atoms with Crippen molar-refractivity contribution in [3.63, 3.8) is 0 Å². The number of aryl methyl sites for hydroxylation is 2. The molecule has 3 N–H and O–H groups in total. The van der Waals surface area contributed by atoms with Crippen LogP contribution in [0.3, 0.4) is 0 Å². The maximum absolute atomic E-state index is 12.8. The molecule has 0 saturated carbocycles. The van der Waals surface area contributed by atoms with E-state index >= 15 is 0 Å². The maximum Gasteiger partial charge on any atom is 0.223 e. The van der Waals surface area contributed by atoms with Crippen molar-refractivity contribution in [1.29, 1.82) is 0 Å². The SMILES string of the molecule is CCN(C(=O)CCc1cc(C)cc(C(C)(C)C)c1O)C(CC)(CO)CO. The Labute approximate surface area is 157 Å². The molecule has 0 radical (unpaired) electrons. The van der Waals surface area contributed by atoms with Gasteiger partial charge >= 0.3 is 0 Å². The van der Waals surface area contributed by atoms with Gasteiger partial charge in [-0.2, -0.15) is 0 Å². The summed E-state index contributed by atoms with van der Waals surface area (Å²) in [4.78, 5) is 14.3. The van der Waals surface area contributed by atoms with Crippen molar-refractivity contribution in [3.05, 3.63) is 28.8 Å². The van der Waals surface area contributed by atoms with Gasteiger partial charge in [-0.3, -0.25) is 4.79 Å². The lowest BCUT2D eigenvalue weighted by Gasteiger charge is -2.40. The van der Waals surface area contributed by atoms with Gasteiger partial charge in [-0.1, -0.05) is 45.4 Å². The summed E-state index contributed by atoms with van der Waals surface area (Å²) in [5, 5.41) is 30.1. The third-order valence-electron chi connectivity index (χ3n) is 5.19. The van der Waals surface area contributed by atoms with Crippen molar-refractivity contribution in [3.8, 4) is 5.75 Å². The Morgan fingerprint density at radius 3 is 2.12 bits per heavy atom. The van der Waals surface area contributed by atoms with Gasteiger partial charge in [0.1, 0.15) is 5.75 Å². The van der Waals surface area contributed by atoms with Gasteiger partial charge in [-0.15, -0.1) is 0 Å². The zero-order valence-electron chi connectivity index (χ0n) is 17.1. The number of aliphatic hydroxyl groups is 2. The van der Waals surface area contributed by atoms with Crippen LogP contribution in [0, 0.1) is 6.92 Å². The highest BCUT2D eigenvalue weighted by Crippen LogP contribution is 2.35. The molecule has 0 saturated heterocycles. The van der Waals surface area contributed by atoms with E-state index in [-0.39, 0.29) is 36.7 Å². The molecular formula is C21H35NO4. The Morgan fingerprint density at radius 1 is 1.12 bits per heavy atom. The molecule has 0 heterocycles. The number of aromatic hydroxyl groups is 1. The van der Waals surface area contributed by atoms with E-state index in [0.717, 1.165) is 16.7 Å². The number of phenolic OH excluding ortho intramolecular Hbond substituents is 1. The summed E-state index contributed by atoms with van der Waals surface area (Å²) < 4.78 is 0. The fourth-order valence-corrected chi connectivity index (χ4v) is 3.40. The van der Waals surface area contributed by atoms with Crippen molar-refractivity contribution in [2.24, 2.45) is 0 Å². The van der Waals surface area contributed by atoms with Crippen LogP contribution in [0.5, 0.6) is 5.75 Å². The average molecular weight is 366 g/mol. The van der Waals surface area contributed by atoms with Gasteiger partial charge in [0.2, 0.25) is 5.91 Å². The van der Waals surface area contributed by atoms with Crippen LogP contribution in [-0.2, 0) is 16.6 Å². The molecule has 0 unspecified atom stereocenters. The molecule has 0 aliphatic carbocycles. The second-order valence-corrected chi connectivity index (χ2v) is 8.10. The Bertz CT molecular complexity index is 607. The quantitative estimate of drug-likeness (QED) is 0.662. The molecule has 0 atom stereocenters. The van der Waals surface area contributed by atoms with Crippen LogP contribution in [0.15, 0.2) is 12.1 Å². The van der Waals surface area contributed by atoms with Crippen LogP contribution in [0.2, 0.25) is 0 Å². The molecule has 1 aromatic carbocycles. The van der Waals surface area contributed by atoms with Gasteiger partial charge in [-0.05, 0) is 43.2 Å². The van der Waals surface area contributed by atoms with E-state index in [0.29, 0.717) is 19.4 Å². The molecule has 0 aliphatic rings. The average Bonchev–Trinajstić information content (AvgIpc) is 2.59. The van der Waals surface area contributed by atoms with Crippen molar-refractivity contribution in [2.75, 3.05) is 19.8 Å². The molecule has 0 aliphatic heterocycles. The van der Waals surface area contributed by atoms with Crippen molar-refractivity contribution >= 4 is 5.91 Å². The highest BCUT2D eigenvalue weighted by molar-refractivity contribution is 5.77. The van der Waals surface area contributed by atoms with Crippen LogP contribution in [0.4, 0.5) is 0 Å². The van der Waals surface area contributed by atoms with E-state index < -0.39 is 5.54 Å². The summed E-state index contributed by atoms with van der Waals surface area (Å²) >= 11 is 0. The number of nitrogens with zero attached hydrogens (tertiary/aromatic N) is 1. The van der Waals surface area contributed by atoms with Gasteiger partial charge in [-0.25, -0.2) is 0 Å². The fourth-order valence-electron chi connectivity index (χ4n) is 3.40. The first-order valence-electron chi connectivity index (χ1n) is 9.41. The normalized spacial score (nSPS) is 12.3. The van der Waals surface area contributed by atoms with Crippen molar-refractivity contribution in [1.82, 2.24) is 4.90 Å². The first-order valence-corrected chi connectivity index (χ1v) is 9.41. The molecule has 0 spiro atoms. The summed E-state index contributed by atoms with van der Waals surface area (Å²) in [5.74, 6) is 0.126. The smallest absolute Gasteiger partial charge is 0.223 e. The Hall–Kier alpha value is -1.59. The monoisotopic (exact) mass is 365 g/mol. The molecule has 26 heavy (non-hydrogen) atoms. The van der Waals surface area contributed by atoms with Crippen LogP contribution in [-0.4, -0.2) is 51.4 Å². The second kappa shape index (κ2) is 8.87. The largest absolute Gasteiger partial charge is 0.507 e. The minimum Gasteiger partial charge on any atom is -0.507 e. The standard InChI is InChI=1S/C21H35NO4/c1-7-21(13-23,14-24)22(8-2)18(25)10-9-16-11-15(3)12-17(19(16)26)20(4,5)6/h11-12,23-24,26H,7-10,13-14H2,1-6H3. The van der Waals surface area contributed by atoms with E-state index in [2.05, 4.69) is 0 Å². The van der Waals surface area contributed by atoms with Crippen LogP contribution in [0.1, 0.15) is 64.2 Å². The third-order valence-corrected chi connectivity index (χ3v) is 5.19. The molecule has 0 fully saturated rings. The molecule has 1 amide bonds. The van der Waals surface area contributed by atoms with Crippen molar-refractivity contribution in [2.45, 2.75) is 71.8 Å². The van der Waals surface area contributed by atoms with Gasteiger partial charge in [0, 0.05) is 13.0 Å². The molecule has 0 bridgehead atoms. The Kier molecular flexibility index (Phi) is 7.66. The van der Waals surface area contributed by atoms with Crippen LogP contribution in [0.25, 0.3) is 0 Å². The van der Waals surface area contributed by atoms with Gasteiger partial charge in [0.15, 0.2) is 0 Å². The Balaban J connectivity index is 3.05. The van der Waals surface area contributed by atoms with E-state index in [9.17, 15) is 20.1 Å². The molecule has 5 heteroatoms. The summed E-state index contributed by atoms with van der Waals surface area (Å²) in [6.45, 7) is 11.7. The van der Waals surface area contributed by atoms with Gasteiger partial charge in [0.05, 0.1) is 18.8 Å². The molecule has 0 aromatic heterocycles. The van der Waals surface area contributed by atoms with E-state index in [1.165, 1.54) is 0 Å². The number of carbonyl (C=O) groups excluding carboxylic acids is 1. The van der Waals surface area contributed by atoms with Gasteiger partial charge < -0.3 is 20.2 Å². The number of aliphatic hydroxyl groups excluding tert-OH is 2. The molecule has 1 rings (SSSR count). The summed E-state index contributed by atoms with van der Waals surface area (Å²) in [5.41, 5.74) is 1.57. The lowest BCUT2D eigenvalue weighted by Crippen LogP contribution is -2.56. The van der Waals surface area contributed by atoms with E-state index in [1.807, 2.05) is 53.7 Å². The van der Waals surface area contributed by atoms with Crippen LogP contribution >= 0.6 is 0 Å². The second-order valence-electron chi connectivity index (χ2n) is 8.10. The molecule has 148 valence electrons. The summed E-state index contributed by atoms with van der Waals surface area (Å²) in [6, 6.07) is 3.90. The lowest BCUT2D eigenvalue weighted by atomic mass is 9.83. The van der Waals surface area contributed by atoms with E-state index in [4.69, 9.17) is 0 Å². The minimum absolute atomic E-state index is 0.129. The maximum atomic E-state index is 12.8. The summed E-state index contributed by atoms with van der Waals surface area (Å²) in [7, 11) is 0. The number of hydrogen-bond donors (Lipinski definition) is 3. The first-order chi connectivity index (χ1) is 12.1. The number of amides is 1. The van der Waals surface area contributed by atoms with Gasteiger partial charge in [0.25, 0.3) is 0 Å². The molecular weight excluding hydrogens is 330 g/mol. The van der Waals surface area contributed by atoms with E-state index in [1.54, 1.807) is 4.90 Å². The number of likely N-dealkylation sites (N-methyl/N-ethyl adjacent to an activating group) is 1. The van der Waals surface area contributed by atoms with Crippen molar-refractivity contribution < 1.29 is 20.1 Å². The zero-order chi connectivity index (χ0) is 20.1. The fraction of sp³-hybridized carbons (Fsp3) is 0.667. The molecule has 1 aromatic rings. The number of phenols is 1. The highest BCUT2D eigenvalue weighted by atomic mass is 16.3. The number of carbonyl (C=O) groups is 1. The minimum atomic E-state index is -0.933. The predicted octanol–water partition coefficient (Wildman–Crippen LogP) is 2.91. The number of hydrogen-bond acceptors (Lipinski definition) is 4. The topological polar surface area (TPSA) is 81.0 Å². The number of rotatable bonds is 8. The third kappa shape index (κ3) is 4.77. The summed E-state index contributed by atoms with van der Waals surface area (Å²) in [6.07, 6.45) is 1.11. The van der Waals surface area contributed by atoms with Crippen LogP contribution < -0.4 is 0 Å². The Morgan fingerprint density at radius 2 is 1.69 bits per heavy atom. The zero-order valence-corrected chi connectivity index (χ0v) is 17.1. The lowest BCUT2D eigenvalue weighted by molar-refractivity contribution is -0.142. The predicted molar refractivity (Wildman–Crippen MR) is 104 cm³/mol.